The van der Waals surface area contributed by atoms with Crippen LogP contribution in [0.2, 0.25) is 0 Å². The molecule has 2 aromatic rings. The van der Waals surface area contributed by atoms with Gasteiger partial charge in [-0.15, -0.1) is 0 Å². The Hall–Kier alpha value is -1.55. The Kier molecular flexibility index (Phi) is 3.57. The first-order valence-electron chi connectivity index (χ1n) is 6.42. The van der Waals surface area contributed by atoms with Crippen LogP contribution in [0.25, 0.3) is 11.0 Å². The van der Waals surface area contributed by atoms with Crippen LogP contribution in [-0.4, -0.2) is 16.2 Å². The van der Waals surface area contributed by atoms with Gasteiger partial charge in [0.2, 0.25) is 0 Å². The van der Waals surface area contributed by atoms with Crippen LogP contribution in [0, 0.1) is 0 Å². The van der Waals surface area contributed by atoms with E-state index in [1.54, 1.807) is 9.13 Å². The molecule has 0 radical (unpaired) electrons. The second-order valence-corrected chi connectivity index (χ2v) is 4.78. The predicted octanol–water partition coefficient (Wildman–Crippen LogP) is 1.94. The van der Waals surface area contributed by atoms with Crippen molar-refractivity contribution in [3.8, 4) is 0 Å². The van der Waals surface area contributed by atoms with Gasteiger partial charge < -0.3 is 5.32 Å². The van der Waals surface area contributed by atoms with Crippen molar-refractivity contribution in [2.45, 2.75) is 25.8 Å². The quantitative estimate of drug-likeness (QED) is 0.896. The Labute approximate surface area is 107 Å². The average Bonchev–Trinajstić information content (AvgIpc) is 2.61. The summed E-state index contributed by atoms with van der Waals surface area (Å²) in [6.45, 7) is 2.18. The third-order valence-corrected chi connectivity index (χ3v) is 3.62. The highest BCUT2D eigenvalue weighted by Crippen LogP contribution is 2.22. The summed E-state index contributed by atoms with van der Waals surface area (Å²) < 4.78 is 3.39. The van der Waals surface area contributed by atoms with Crippen LogP contribution in [-0.2, 0) is 14.1 Å². The van der Waals surface area contributed by atoms with Gasteiger partial charge in [0.15, 0.2) is 0 Å². The lowest BCUT2D eigenvalue weighted by molar-refractivity contribution is 0.542. The van der Waals surface area contributed by atoms with E-state index in [-0.39, 0.29) is 5.69 Å². The van der Waals surface area contributed by atoms with E-state index in [1.165, 1.54) is 5.56 Å². The number of rotatable bonds is 4. The fourth-order valence-corrected chi connectivity index (χ4v) is 2.51. The highest BCUT2D eigenvalue weighted by atomic mass is 16.1. The lowest BCUT2D eigenvalue weighted by Gasteiger charge is -2.15. The molecule has 0 fully saturated rings. The second kappa shape index (κ2) is 4.98. The second-order valence-electron chi connectivity index (χ2n) is 4.78. The van der Waals surface area contributed by atoms with Crippen molar-refractivity contribution in [2.75, 3.05) is 7.05 Å². The van der Waals surface area contributed by atoms with Crippen molar-refractivity contribution < 1.29 is 0 Å². The molecule has 1 atom stereocenters. The molecule has 0 aliphatic carbocycles. The minimum Gasteiger partial charge on any atom is -0.313 e. The van der Waals surface area contributed by atoms with Gasteiger partial charge in [0.05, 0.1) is 11.0 Å². The van der Waals surface area contributed by atoms with Crippen LogP contribution >= 0.6 is 0 Å². The maximum Gasteiger partial charge on any atom is 0.328 e. The molecule has 1 aromatic heterocycles. The number of aromatic nitrogens is 2. The summed E-state index contributed by atoms with van der Waals surface area (Å²) in [5.41, 5.74) is 3.25. The number of aryl methyl sites for hydroxylation is 2. The van der Waals surface area contributed by atoms with Crippen LogP contribution in [0.1, 0.15) is 31.4 Å². The zero-order chi connectivity index (χ0) is 13.3. The van der Waals surface area contributed by atoms with Gasteiger partial charge in [-0.25, -0.2) is 4.79 Å². The van der Waals surface area contributed by atoms with Crippen molar-refractivity contribution in [1.82, 2.24) is 14.5 Å². The Balaban J connectivity index is 2.56. The van der Waals surface area contributed by atoms with E-state index in [0.29, 0.717) is 6.04 Å². The molecular weight excluding hydrogens is 226 g/mol. The number of nitrogens with zero attached hydrogens (tertiary/aromatic N) is 2. The highest BCUT2D eigenvalue weighted by Gasteiger charge is 2.12. The molecule has 1 aromatic carbocycles. The van der Waals surface area contributed by atoms with Crippen LogP contribution in [0.5, 0.6) is 0 Å². The topological polar surface area (TPSA) is 39.0 Å². The summed E-state index contributed by atoms with van der Waals surface area (Å²) in [5, 5.41) is 3.33. The molecule has 0 bridgehead atoms. The minimum atomic E-state index is 0.0265. The summed E-state index contributed by atoms with van der Waals surface area (Å²) in [6.07, 6.45) is 2.24. The zero-order valence-electron chi connectivity index (χ0n) is 11.5. The standard InChI is InChI=1S/C14H21N3O/c1-5-6-11(15-2)10-7-8-12-13(9-10)17(4)14(18)16(12)3/h7-9,11,15H,5-6H2,1-4H3. The van der Waals surface area contributed by atoms with Crippen molar-refractivity contribution in [3.63, 3.8) is 0 Å². The smallest absolute Gasteiger partial charge is 0.313 e. The molecule has 0 aliphatic heterocycles. The highest BCUT2D eigenvalue weighted by molar-refractivity contribution is 5.77. The van der Waals surface area contributed by atoms with E-state index in [0.717, 1.165) is 23.9 Å². The van der Waals surface area contributed by atoms with E-state index >= 15 is 0 Å². The van der Waals surface area contributed by atoms with Gasteiger partial charge in [-0.3, -0.25) is 9.13 Å². The van der Waals surface area contributed by atoms with Gasteiger partial charge in [0, 0.05) is 20.1 Å². The van der Waals surface area contributed by atoms with E-state index in [2.05, 4.69) is 24.4 Å². The third kappa shape index (κ3) is 1.97. The first-order chi connectivity index (χ1) is 8.60. The monoisotopic (exact) mass is 247 g/mol. The van der Waals surface area contributed by atoms with Crippen LogP contribution < -0.4 is 11.0 Å². The Morgan fingerprint density at radius 1 is 1.22 bits per heavy atom. The predicted molar refractivity (Wildman–Crippen MR) is 74.9 cm³/mol. The van der Waals surface area contributed by atoms with Crippen molar-refractivity contribution in [1.29, 1.82) is 0 Å². The average molecular weight is 247 g/mol. The lowest BCUT2D eigenvalue weighted by Crippen LogP contribution is -2.19. The fourth-order valence-electron chi connectivity index (χ4n) is 2.51. The molecule has 98 valence electrons. The Bertz CT molecular complexity index is 609. The van der Waals surface area contributed by atoms with E-state index < -0.39 is 0 Å². The normalized spacial score (nSPS) is 13.1. The molecule has 0 saturated carbocycles. The molecule has 0 spiro atoms. The maximum absolute atomic E-state index is 11.9. The van der Waals surface area contributed by atoms with Crippen molar-refractivity contribution in [3.05, 3.63) is 34.2 Å². The molecular formula is C14H21N3O. The molecule has 1 unspecified atom stereocenters. The summed E-state index contributed by atoms with van der Waals surface area (Å²) >= 11 is 0. The van der Waals surface area contributed by atoms with E-state index in [9.17, 15) is 4.79 Å². The first kappa shape index (κ1) is 12.9. The van der Waals surface area contributed by atoms with E-state index in [1.807, 2.05) is 27.2 Å². The number of nitrogens with one attached hydrogen (secondary N) is 1. The van der Waals surface area contributed by atoms with Gasteiger partial charge in [-0.2, -0.15) is 0 Å². The summed E-state index contributed by atoms with van der Waals surface area (Å²) in [6, 6.07) is 6.62. The third-order valence-electron chi connectivity index (χ3n) is 3.62. The van der Waals surface area contributed by atoms with Gasteiger partial charge in [0.1, 0.15) is 0 Å². The molecule has 4 heteroatoms. The summed E-state index contributed by atoms with van der Waals surface area (Å²) in [7, 11) is 5.61. The van der Waals surface area contributed by atoms with Gasteiger partial charge in [0.25, 0.3) is 0 Å². The molecule has 18 heavy (non-hydrogen) atoms. The molecule has 0 saturated heterocycles. The lowest BCUT2D eigenvalue weighted by atomic mass is 10.0. The molecule has 0 amide bonds. The number of hydrogen-bond donors (Lipinski definition) is 1. The molecule has 1 heterocycles. The molecule has 4 nitrogen and oxygen atoms in total. The summed E-state index contributed by atoms with van der Waals surface area (Å²) in [5.74, 6) is 0. The minimum absolute atomic E-state index is 0.0265. The Morgan fingerprint density at radius 2 is 1.89 bits per heavy atom. The van der Waals surface area contributed by atoms with Crippen molar-refractivity contribution in [2.24, 2.45) is 14.1 Å². The zero-order valence-corrected chi connectivity index (χ0v) is 11.5. The van der Waals surface area contributed by atoms with Gasteiger partial charge in [-0.05, 0) is 31.2 Å². The van der Waals surface area contributed by atoms with Crippen LogP contribution in [0.4, 0.5) is 0 Å². The van der Waals surface area contributed by atoms with Crippen molar-refractivity contribution >= 4 is 11.0 Å². The molecule has 0 aliphatic rings. The number of hydrogen-bond acceptors (Lipinski definition) is 2. The number of benzene rings is 1. The summed E-state index contributed by atoms with van der Waals surface area (Å²) in [4.78, 5) is 11.9. The maximum atomic E-state index is 11.9. The SMILES string of the molecule is CCCC(NC)c1ccc2c(c1)n(C)c(=O)n2C. The number of imidazole rings is 1. The molecule has 2 rings (SSSR count). The van der Waals surface area contributed by atoms with Gasteiger partial charge >= 0.3 is 5.69 Å². The van der Waals surface area contributed by atoms with Gasteiger partial charge in [-0.1, -0.05) is 19.4 Å². The fraction of sp³-hybridized carbons (Fsp3) is 0.500. The van der Waals surface area contributed by atoms with Crippen LogP contribution in [0.15, 0.2) is 23.0 Å². The van der Waals surface area contributed by atoms with Crippen LogP contribution in [0.3, 0.4) is 0 Å². The largest absolute Gasteiger partial charge is 0.328 e. The molecule has 1 N–H and O–H groups in total. The Morgan fingerprint density at radius 3 is 2.50 bits per heavy atom. The van der Waals surface area contributed by atoms with E-state index in [4.69, 9.17) is 0 Å². The first-order valence-corrected chi connectivity index (χ1v) is 6.42. The number of fused-ring (bicyclic) bond motifs is 1.